The highest BCUT2D eigenvalue weighted by atomic mass is 19.1. The van der Waals surface area contributed by atoms with E-state index in [0.29, 0.717) is 34.7 Å². The van der Waals surface area contributed by atoms with Crippen molar-refractivity contribution in [3.63, 3.8) is 0 Å². The normalized spacial score (nSPS) is 10.7. The SMILES string of the molecule is Cc1cc(CNC(=O)c2c(N)c(C)nn2C)cc(C)c1F. The average Bonchev–Trinajstić information content (AvgIpc) is 2.66. The van der Waals surface area contributed by atoms with Crippen LogP contribution in [0.5, 0.6) is 0 Å². The summed E-state index contributed by atoms with van der Waals surface area (Å²) >= 11 is 0. The lowest BCUT2D eigenvalue weighted by molar-refractivity contribution is 0.0942. The number of aromatic nitrogens is 2. The highest BCUT2D eigenvalue weighted by Crippen LogP contribution is 2.17. The van der Waals surface area contributed by atoms with Crippen LogP contribution in [0.1, 0.15) is 32.9 Å². The number of hydrogen-bond donors (Lipinski definition) is 2. The maximum absolute atomic E-state index is 13.6. The number of nitrogens with two attached hydrogens (primary N) is 1. The molecule has 21 heavy (non-hydrogen) atoms. The first-order valence-corrected chi connectivity index (χ1v) is 6.64. The van der Waals surface area contributed by atoms with Gasteiger partial charge in [-0.05, 0) is 37.5 Å². The predicted molar refractivity (Wildman–Crippen MR) is 79.4 cm³/mol. The Labute approximate surface area is 123 Å². The van der Waals surface area contributed by atoms with Crippen molar-refractivity contribution in [2.75, 3.05) is 5.73 Å². The van der Waals surface area contributed by atoms with Crippen molar-refractivity contribution in [1.82, 2.24) is 15.1 Å². The van der Waals surface area contributed by atoms with E-state index in [1.165, 1.54) is 4.68 Å². The smallest absolute Gasteiger partial charge is 0.271 e. The van der Waals surface area contributed by atoms with Crippen molar-refractivity contribution >= 4 is 11.6 Å². The molecule has 5 nitrogen and oxygen atoms in total. The highest BCUT2D eigenvalue weighted by Gasteiger charge is 2.17. The fourth-order valence-electron chi connectivity index (χ4n) is 2.35. The summed E-state index contributed by atoms with van der Waals surface area (Å²) in [6.45, 7) is 5.47. The van der Waals surface area contributed by atoms with Crippen LogP contribution in [0.3, 0.4) is 0 Å². The first-order chi connectivity index (χ1) is 9.81. The standard InChI is InChI=1S/C15H19FN4O/c1-8-5-11(6-9(2)12(8)16)7-18-15(21)14-13(17)10(3)19-20(14)4/h5-6H,7,17H2,1-4H3,(H,18,21). The van der Waals surface area contributed by atoms with Gasteiger partial charge in [-0.15, -0.1) is 0 Å². The van der Waals surface area contributed by atoms with Gasteiger partial charge in [0.25, 0.3) is 5.91 Å². The third kappa shape index (κ3) is 2.89. The van der Waals surface area contributed by atoms with E-state index in [9.17, 15) is 9.18 Å². The van der Waals surface area contributed by atoms with Gasteiger partial charge in [-0.2, -0.15) is 5.10 Å². The van der Waals surface area contributed by atoms with Crippen molar-refractivity contribution in [2.24, 2.45) is 7.05 Å². The fraction of sp³-hybridized carbons (Fsp3) is 0.333. The van der Waals surface area contributed by atoms with E-state index in [-0.39, 0.29) is 11.7 Å². The highest BCUT2D eigenvalue weighted by molar-refractivity contribution is 5.97. The molecule has 0 aliphatic heterocycles. The number of rotatable bonds is 3. The predicted octanol–water partition coefficient (Wildman–Crippen LogP) is 2.00. The summed E-state index contributed by atoms with van der Waals surface area (Å²) in [5, 5.41) is 6.89. The maximum Gasteiger partial charge on any atom is 0.271 e. The second-order valence-electron chi connectivity index (χ2n) is 5.20. The molecule has 0 saturated heterocycles. The third-order valence-corrected chi connectivity index (χ3v) is 3.43. The van der Waals surface area contributed by atoms with E-state index < -0.39 is 0 Å². The van der Waals surface area contributed by atoms with Crippen molar-refractivity contribution in [3.05, 3.63) is 46.0 Å². The second-order valence-corrected chi connectivity index (χ2v) is 5.20. The monoisotopic (exact) mass is 290 g/mol. The molecule has 0 aliphatic carbocycles. The van der Waals surface area contributed by atoms with Crippen molar-refractivity contribution < 1.29 is 9.18 Å². The lowest BCUT2D eigenvalue weighted by atomic mass is 10.1. The van der Waals surface area contributed by atoms with E-state index in [1.54, 1.807) is 40.0 Å². The molecule has 112 valence electrons. The van der Waals surface area contributed by atoms with E-state index in [1.807, 2.05) is 0 Å². The van der Waals surface area contributed by atoms with Crippen LogP contribution in [0, 0.1) is 26.6 Å². The molecule has 0 spiro atoms. The summed E-state index contributed by atoms with van der Waals surface area (Å²) < 4.78 is 15.0. The number of halogens is 1. The van der Waals surface area contributed by atoms with Gasteiger partial charge in [0.2, 0.25) is 0 Å². The first kappa shape index (κ1) is 15.0. The van der Waals surface area contributed by atoms with Crippen LogP contribution in [0.2, 0.25) is 0 Å². The van der Waals surface area contributed by atoms with Crippen LogP contribution in [0.4, 0.5) is 10.1 Å². The van der Waals surface area contributed by atoms with E-state index in [2.05, 4.69) is 10.4 Å². The fourth-order valence-corrected chi connectivity index (χ4v) is 2.35. The molecule has 2 aromatic rings. The molecular weight excluding hydrogens is 271 g/mol. The van der Waals surface area contributed by atoms with Gasteiger partial charge in [-0.25, -0.2) is 4.39 Å². The molecular formula is C15H19FN4O. The number of anilines is 1. The molecule has 0 aliphatic rings. The molecule has 1 aromatic carbocycles. The summed E-state index contributed by atoms with van der Waals surface area (Å²) in [6, 6.07) is 3.45. The number of carbonyl (C=O) groups is 1. The van der Waals surface area contributed by atoms with Gasteiger partial charge in [0.15, 0.2) is 0 Å². The molecule has 3 N–H and O–H groups in total. The second kappa shape index (κ2) is 5.55. The third-order valence-electron chi connectivity index (χ3n) is 3.43. The number of carbonyl (C=O) groups excluding carboxylic acids is 1. The molecule has 2 rings (SSSR count). The number of benzene rings is 1. The van der Waals surface area contributed by atoms with Crippen molar-refractivity contribution in [2.45, 2.75) is 27.3 Å². The molecule has 0 radical (unpaired) electrons. The van der Waals surface area contributed by atoms with Crippen LogP contribution in [-0.2, 0) is 13.6 Å². The Morgan fingerprint density at radius 3 is 2.38 bits per heavy atom. The minimum atomic E-state index is -0.296. The van der Waals surface area contributed by atoms with E-state index >= 15 is 0 Å². The Hall–Kier alpha value is -2.37. The zero-order valence-electron chi connectivity index (χ0n) is 12.6. The molecule has 6 heteroatoms. The molecule has 0 bridgehead atoms. The van der Waals surface area contributed by atoms with E-state index in [4.69, 9.17) is 5.73 Å². The first-order valence-electron chi connectivity index (χ1n) is 6.64. The number of nitrogens with one attached hydrogen (secondary N) is 1. The molecule has 0 atom stereocenters. The molecule has 0 saturated carbocycles. The number of aryl methyl sites for hydroxylation is 4. The zero-order valence-corrected chi connectivity index (χ0v) is 12.6. The van der Waals surface area contributed by atoms with Gasteiger partial charge in [-0.1, -0.05) is 12.1 Å². The molecule has 1 aromatic heterocycles. The Morgan fingerprint density at radius 1 is 1.33 bits per heavy atom. The van der Waals surface area contributed by atoms with Crippen LogP contribution in [-0.4, -0.2) is 15.7 Å². The quantitative estimate of drug-likeness (QED) is 0.908. The number of nitrogens with zero attached hydrogens (tertiary/aromatic N) is 2. The van der Waals surface area contributed by atoms with Gasteiger partial charge in [0, 0.05) is 13.6 Å². The van der Waals surface area contributed by atoms with Crippen LogP contribution in [0.15, 0.2) is 12.1 Å². The van der Waals surface area contributed by atoms with Gasteiger partial charge in [0.05, 0.1) is 11.4 Å². The summed E-state index contributed by atoms with van der Waals surface area (Å²) in [5.74, 6) is -0.508. The largest absolute Gasteiger partial charge is 0.395 e. The van der Waals surface area contributed by atoms with Crippen LogP contribution in [0.25, 0.3) is 0 Å². The maximum atomic E-state index is 13.6. The lowest BCUT2D eigenvalue weighted by Crippen LogP contribution is -2.26. The Kier molecular flexibility index (Phi) is 3.97. The van der Waals surface area contributed by atoms with E-state index in [0.717, 1.165) is 5.56 Å². The summed E-state index contributed by atoms with van der Waals surface area (Å²) in [7, 11) is 1.67. The Bertz CT molecular complexity index is 683. The number of hydrogen-bond acceptors (Lipinski definition) is 3. The summed E-state index contributed by atoms with van der Waals surface area (Å²) in [4.78, 5) is 12.2. The topological polar surface area (TPSA) is 72.9 Å². The average molecular weight is 290 g/mol. The minimum Gasteiger partial charge on any atom is -0.395 e. The Morgan fingerprint density at radius 2 is 1.90 bits per heavy atom. The van der Waals surface area contributed by atoms with Gasteiger partial charge >= 0.3 is 0 Å². The minimum absolute atomic E-state index is 0.211. The van der Waals surface area contributed by atoms with Crippen LogP contribution >= 0.6 is 0 Å². The molecule has 1 amide bonds. The zero-order chi connectivity index (χ0) is 15.7. The van der Waals surface area contributed by atoms with Crippen LogP contribution < -0.4 is 11.1 Å². The summed E-state index contributed by atoms with van der Waals surface area (Å²) in [6.07, 6.45) is 0. The van der Waals surface area contributed by atoms with Gasteiger partial charge in [-0.3, -0.25) is 9.48 Å². The molecule has 0 fully saturated rings. The Balaban J connectivity index is 2.15. The summed E-state index contributed by atoms with van der Waals surface area (Å²) in [5.41, 5.74) is 9.16. The number of amides is 1. The van der Waals surface area contributed by atoms with Gasteiger partial charge < -0.3 is 11.1 Å². The van der Waals surface area contributed by atoms with Crippen molar-refractivity contribution in [3.8, 4) is 0 Å². The lowest BCUT2D eigenvalue weighted by Gasteiger charge is -2.09. The van der Waals surface area contributed by atoms with Gasteiger partial charge in [0.1, 0.15) is 11.5 Å². The molecule has 0 unspecified atom stereocenters. The number of nitrogen functional groups attached to an aromatic ring is 1. The van der Waals surface area contributed by atoms with Crippen molar-refractivity contribution in [1.29, 1.82) is 0 Å². The molecule has 1 heterocycles.